The highest BCUT2D eigenvalue weighted by Crippen LogP contribution is 2.24. The molecule has 0 spiro atoms. The van der Waals surface area contributed by atoms with Crippen molar-refractivity contribution >= 4 is 17.5 Å². The number of hydrogen-bond donors (Lipinski definition) is 2. The van der Waals surface area contributed by atoms with Crippen LogP contribution in [0.4, 0.5) is 5.69 Å². The minimum atomic E-state index is -0.193. The Kier molecular flexibility index (Phi) is 3.78. The molecular formula is C19H16N4O2. The fraction of sp³-hybridized carbons (Fsp3) is 0.105. The first kappa shape index (κ1) is 15.1. The van der Waals surface area contributed by atoms with Gasteiger partial charge < -0.3 is 15.2 Å². The third-order valence-electron chi connectivity index (χ3n) is 4.24. The molecule has 0 radical (unpaired) electrons. The van der Waals surface area contributed by atoms with Gasteiger partial charge in [-0.15, -0.1) is 0 Å². The molecule has 124 valence electrons. The van der Waals surface area contributed by atoms with Crippen molar-refractivity contribution in [3.8, 4) is 0 Å². The molecule has 0 bridgehead atoms. The van der Waals surface area contributed by atoms with Gasteiger partial charge in [-0.25, -0.2) is 4.98 Å². The van der Waals surface area contributed by atoms with Gasteiger partial charge in [0.05, 0.1) is 6.33 Å². The maximum Gasteiger partial charge on any atom is 0.255 e. The lowest BCUT2D eigenvalue weighted by molar-refractivity contribution is 0.0964. The lowest BCUT2D eigenvalue weighted by atomic mass is 10.1. The molecule has 0 aliphatic carbocycles. The molecule has 6 heteroatoms. The smallest absolute Gasteiger partial charge is 0.255 e. The van der Waals surface area contributed by atoms with Crippen molar-refractivity contribution < 1.29 is 9.59 Å². The van der Waals surface area contributed by atoms with Crippen molar-refractivity contribution in [3.63, 3.8) is 0 Å². The van der Waals surface area contributed by atoms with Crippen LogP contribution >= 0.6 is 0 Å². The van der Waals surface area contributed by atoms with Gasteiger partial charge in [-0.05, 0) is 29.8 Å². The van der Waals surface area contributed by atoms with E-state index in [1.54, 1.807) is 36.8 Å². The van der Waals surface area contributed by atoms with Crippen molar-refractivity contribution in [2.75, 3.05) is 5.32 Å². The molecule has 0 saturated carbocycles. The molecule has 2 amide bonds. The third-order valence-corrected chi connectivity index (χ3v) is 4.24. The van der Waals surface area contributed by atoms with Crippen LogP contribution in [0.3, 0.4) is 0 Å². The van der Waals surface area contributed by atoms with Crippen LogP contribution in [0.2, 0.25) is 0 Å². The summed E-state index contributed by atoms with van der Waals surface area (Å²) in [5.41, 5.74) is 3.78. The monoisotopic (exact) mass is 332 g/mol. The van der Waals surface area contributed by atoms with Gasteiger partial charge in [0.15, 0.2) is 0 Å². The maximum absolute atomic E-state index is 12.5. The van der Waals surface area contributed by atoms with E-state index in [2.05, 4.69) is 15.6 Å². The second-order valence-corrected chi connectivity index (χ2v) is 5.90. The molecule has 4 rings (SSSR count). The Morgan fingerprint density at radius 2 is 2.04 bits per heavy atom. The number of fused-ring (bicyclic) bond motifs is 1. The fourth-order valence-corrected chi connectivity index (χ4v) is 2.92. The quantitative estimate of drug-likeness (QED) is 0.770. The van der Waals surface area contributed by atoms with Crippen LogP contribution in [0.15, 0.2) is 61.2 Å². The summed E-state index contributed by atoms with van der Waals surface area (Å²) in [5.74, 6) is -0.295. The minimum Gasteiger partial charge on any atom is -0.348 e. The van der Waals surface area contributed by atoms with Gasteiger partial charge in [-0.3, -0.25) is 9.59 Å². The summed E-state index contributed by atoms with van der Waals surface area (Å²) in [6.07, 6.45) is 5.39. The molecule has 0 unspecified atom stereocenters. The summed E-state index contributed by atoms with van der Waals surface area (Å²) in [7, 11) is 0. The van der Waals surface area contributed by atoms with Gasteiger partial charge >= 0.3 is 0 Å². The molecule has 1 aliphatic rings. The van der Waals surface area contributed by atoms with E-state index in [0.717, 1.165) is 11.1 Å². The minimum absolute atomic E-state index is 0.102. The Balaban J connectivity index is 1.49. The first-order chi connectivity index (χ1) is 12.2. The predicted octanol–water partition coefficient (Wildman–Crippen LogP) is 2.43. The van der Waals surface area contributed by atoms with Crippen LogP contribution in [0.5, 0.6) is 0 Å². The summed E-state index contributed by atoms with van der Waals surface area (Å²) >= 11 is 0. The van der Waals surface area contributed by atoms with Crippen LogP contribution < -0.4 is 10.6 Å². The van der Waals surface area contributed by atoms with Crippen LogP contribution in [0, 0.1) is 0 Å². The number of amides is 2. The zero-order valence-electron chi connectivity index (χ0n) is 13.4. The number of aromatic nitrogens is 2. The van der Waals surface area contributed by atoms with Gasteiger partial charge in [-0.1, -0.05) is 18.2 Å². The SMILES string of the molecule is O=C(Nc1cccc2c1CNC2=O)c1ccc(Cn2ccnc2)cc1. The molecule has 3 aromatic rings. The summed E-state index contributed by atoms with van der Waals surface area (Å²) in [5, 5.41) is 5.67. The molecule has 0 saturated heterocycles. The Labute approximate surface area is 144 Å². The standard InChI is InChI=1S/C19H16N4O2/c24-18(22-17-3-1-2-15-16(17)10-21-19(15)25)14-6-4-13(5-7-14)11-23-9-8-20-12-23/h1-9,12H,10-11H2,(H,21,25)(H,22,24). The predicted molar refractivity (Wildman–Crippen MR) is 93.3 cm³/mol. The van der Waals surface area contributed by atoms with E-state index in [1.165, 1.54) is 0 Å². The molecule has 0 atom stereocenters. The number of carbonyl (C=O) groups is 2. The van der Waals surface area contributed by atoms with E-state index in [0.29, 0.717) is 29.9 Å². The van der Waals surface area contributed by atoms with E-state index < -0.39 is 0 Å². The number of nitrogens with one attached hydrogen (secondary N) is 2. The second kappa shape index (κ2) is 6.24. The second-order valence-electron chi connectivity index (χ2n) is 5.90. The molecule has 2 aromatic carbocycles. The number of rotatable bonds is 4. The Morgan fingerprint density at radius 1 is 1.20 bits per heavy atom. The summed E-state index contributed by atoms with van der Waals surface area (Å²) < 4.78 is 1.96. The fourth-order valence-electron chi connectivity index (χ4n) is 2.92. The molecule has 1 aromatic heterocycles. The van der Waals surface area contributed by atoms with Crippen molar-refractivity contribution in [1.82, 2.24) is 14.9 Å². The van der Waals surface area contributed by atoms with Gasteiger partial charge in [0.1, 0.15) is 0 Å². The maximum atomic E-state index is 12.5. The van der Waals surface area contributed by atoms with E-state index in [4.69, 9.17) is 0 Å². The van der Waals surface area contributed by atoms with E-state index in [-0.39, 0.29) is 11.8 Å². The highest BCUT2D eigenvalue weighted by molar-refractivity contribution is 6.07. The molecular weight excluding hydrogens is 316 g/mol. The number of benzene rings is 2. The average molecular weight is 332 g/mol. The first-order valence-corrected chi connectivity index (χ1v) is 7.97. The molecule has 25 heavy (non-hydrogen) atoms. The molecule has 6 nitrogen and oxygen atoms in total. The Bertz CT molecular complexity index is 931. The van der Waals surface area contributed by atoms with Crippen LogP contribution in [0.1, 0.15) is 31.8 Å². The van der Waals surface area contributed by atoms with Gasteiger partial charge in [0.25, 0.3) is 11.8 Å². The highest BCUT2D eigenvalue weighted by atomic mass is 16.2. The van der Waals surface area contributed by atoms with Gasteiger partial charge in [0, 0.05) is 47.9 Å². The Morgan fingerprint density at radius 3 is 2.80 bits per heavy atom. The molecule has 2 N–H and O–H groups in total. The Hall–Kier alpha value is -3.41. The van der Waals surface area contributed by atoms with Gasteiger partial charge in [0.2, 0.25) is 0 Å². The summed E-state index contributed by atoms with van der Waals surface area (Å²) in [6.45, 7) is 1.15. The van der Waals surface area contributed by atoms with Crippen molar-refractivity contribution in [2.45, 2.75) is 13.1 Å². The van der Waals surface area contributed by atoms with Crippen LogP contribution in [-0.4, -0.2) is 21.4 Å². The van der Waals surface area contributed by atoms with Crippen LogP contribution in [-0.2, 0) is 13.1 Å². The molecule has 1 aliphatic heterocycles. The van der Waals surface area contributed by atoms with E-state index in [1.807, 2.05) is 29.0 Å². The lowest BCUT2D eigenvalue weighted by Crippen LogP contribution is -2.14. The number of nitrogens with zero attached hydrogens (tertiary/aromatic N) is 2. The van der Waals surface area contributed by atoms with Gasteiger partial charge in [-0.2, -0.15) is 0 Å². The third kappa shape index (κ3) is 3.01. The number of imidazole rings is 1. The normalized spacial score (nSPS) is 12.6. The first-order valence-electron chi connectivity index (χ1n) is 7.97. The molecule has 2 heterocycles. The summed E-state index contributed by atoms with van der Waals surface area (Å²) in [6, 6.07) is 12.8. The zero-order chi connectivity index (χ0) is 17.2. The number of anilines is 1. The zero-order valence-corrected chi connectivity index (χ0v) is 13.4. The topological polar surface area (TPSA) is 76.0 Å². The number of hydrogen-bond acceptors (Lipinski definition) is 3. The highest BCUT2D eigenvalue weighted by Gasteiger charge is 2.22. The summed E-state index contributed by atoms with van der Waals surface area (Å²) in [4.78, 5) is 28.2. The lowest BCUT2D eigenvalue weighted by Gasteiger charge is -2.10. The van der Waals surface area contributed by atoms with Crippen LogP contribution in [0.25, 0.3) is 0 Å². The number of carbonyl (C=O) groups excluding carboxylic acids is 2. The average Bonchev–Trinajstić information content (AvgIpc) is 3.26. The van der Waals surface area contributed by atoms with Crippen molar-refractivity contribution in [2.24, 2.45) is 0 Å². The van der Waals surface area contributed by atoms with E-state index >= 15 is 0 Å². The van der Waals surface area contributed by atoms with Crippen molar-refractivity contribution in [3.05, 3.63) is 83.4 Å². The van der Waals surface area contributed by atoms with E-state index in [9.17, 15) is 9.59 Å². The largest absolute Gasteiger partial charge is 0.348 e. The molecule has 0 fully saturated rings. The van der Waals surface area contributed by atoms with Crippen molar-refractivity contribution in [1.29, 1.82) is 0 Å².